The van der Waals surface area contributed by atoms with Crippen molar-refractivity contribution in [2.75, 3.05) is 13.2 Å². The highest BCUT2D eigenvalue weighted by atomic mass is 16.6. The van der Waals surface area contributed by atoms with Crippen molar-refractivity contribution in [3.63, 3.8) is 0 Å². The van der Waals surface area contributed by atoms with E-state index >= 15 is 0 Å². The number of carbonyl (C=O) groups excluding carboxylic acids is 3. The van der Waals surface area contributed by atoms with Gasteiger partial charge in [-0.1, -0.05) is 239 Å². The zero-order chi connectivity index (χ0) is 50.7. The number of hydrogen-bond acceptors (Lipinski definition) is 6. The van der Waals surface area contributed by atoms with Gasteiger partial charge < -0.3 is 14.2 Å². The van der Waals surface area contributed by atoms with Crippen molar-refractivity contribution in [3.8, 4) is 0 Å². The SMILES string of the molecule is CC/C=C\C/C=C\C/C=C\C/C=C\C/C=C\C/C=C\C/C=C\C/C=C\CCCCCCCCCCCCC(=O)OCC(COC(=O)CCCCCCC)OC(=O)CCCCCCC/C=C\CCCCC. The van der Waals surface area contributed by atoms with Crippen molar-refractivity contribution >= 4 is 17.9 Å². The minimum Gasteiger partial charge on any atom is -0.462 e. The maximum atomic E-state index is 12.7. The lowest BCUT2D eigenvalue weighted by molar-refractivity contribution is -0.167. The molecule has 0 saturated heterocycles. The Balaban J connectivity index is 4.00. The largest absolute Gasteiger partial charge is 0.462 e. The second-order valence-corrected chi connectivity index (χ2v) is 18.8. The van der Waals surface area contributed by atoms with Crippen LogP contribution >= 0.6 is 0 Å². The molecule has 0 rings (SSSR count). The smallest absolute Gasteiger partial charge is 0.306 e. The van der Waals surface area contributed by atoms with Gasteiger partial charge in [-0.25, -0.2) is 0 Å². The van der Waals surface area contributed by atoms with Gasteiger partial charge >= 0.3 is 17.9 Å². The quantitative estimate of drug-likeness (QED) is 0.0262. The van der Waals surface area contributed by atoms with E-state index in [0.717, 1.165) is 128 Å². The fourth-order valence-electron chi connectivity index (χ4n) is 7.69. The Morgan fingerprint density at radius 3 is 0.914 bits per heavy atom. The molecule has 0 radical (unpaired) electrons. The van der Waals surface area contributed by atoms with Crippen LogP contribution < -0.4 is 0 Å². The third-order valence-corrected chi connectivity index (χ3v) is 12.0. The van der Waals surface area contributed by atoms with E-state index in [-0.39, 0.29) is 31.1 Å². The maximum Gasteiger partial charge on any atom is 0.306 e. The minimum atomic E-state index is -0.779. The molecule has 0 amide bonds. The van der Waals surface area contributed by atoms with Gasteiger partial charge in [-0.15, -0.1) is 0 Å². The summed E-state index contributed by atoms with van der Waals surface area (Å²) in [6.07, 6.45) is 78.5. The number of hydrogen-bond donors (Lipinski definition) is 0. The summed E-state index contributed by atoms with van der Waals surface area (Å²) in [5.41, 5.74) is 0. The molecule has 0 fully saturated rings. The van der Waals surface area contributed by atoms with Crippen LogP contribution in [-0.4, -0.2) is 37.2 Å². The molecule has 0 heterocycles. The predicted molar refractivity (Wildman–Crippen MR) is 302 cm³/mol. The van der Waals surface area contributed by atoms with Gasteiger partial charge in [0.25, 0.3) is 0 Å². The van der Waals surface area contributed by atoms with Crippen molar-refractivity contribution < 1.29 is 28.6 Å². The summed E-state index contributed by atoms with van der Waals surface area (Å²) < 4.78 is 16.7. The molecule has 0 aliphatic rings. The van der Waals surface area contributed by atoms with Crippen molar-refractivity contribution in [2.24, 2.45) is 0 Å². The zero-order valence-electron chi connectivity index (χ0n) is 45.5. The van der Waals surface area contributed by atoms with Crippen molar-refractivity contribution in [3.05, 3.63) is 109 Å². The molecular weight excluding hydrogens is 865 g/mol. The van der Waals surface area contributed by atoms with E-state index in [1.807, 2.05) is 0 Å². The van der Waals surface area contributed by atoms with Crippen molar-refractivity contribution in [2.45, 2.75) is 264 Å². The molecule has 70 heavy (non-hydrogen) atoms. The molecule has 1 atom stereocenters. The van der Waals surface area contributed by atoms with Crippen LogP contribution in [0.4, 0.5) is 0 Å². The lowest BCUT2D eigenvalue weighted by Crippen LogP contribution is -2.30. The van der Waals surface area contributed by atoms with Gasteiger partial charge in [0.1, 0.15) is 13.2 Å². The second-order valence-electron chi connectivity index (χ2n) is 18.8. The molecular formula is C64H106O6. The number of esters is 3. The first kappa shape index (κ1) is 66.1. The summed E-state index contributed by atoms with van der Waals surface area (Å²) in [4.78, 5) is 37.7. The highest BCUT2D eigenvalue weighted by molar-refractivity contribution is 5.71. The van der Waals surface area contributed by atoms with Gasteiger partial charge in [-0.05, 0) is 109 Å². The number of rotatable bonds is 51. The summed E-state index contributed by atoms with van der Waals surface area (Å²) in [5.74, 6) is -0.912. The van der Waals surface area contributed by atoms with Crippen LogP contribution in [0, 0.1) is 0 Å². The molecule has 0 saturated carbocycles. The van der Waals surface area contributed by atoms with Crippen LogP contribution in [0.25, 0.3) is 0 Å². The van der Waals surface area contributed by atoms with E-state index in [1.54, 1.807) is 0 Å². The number of unbranched alkanes of at least 4 members (excludes halogenated alkanes) is 22. The monoisotopic (exact) mass is 971 g/mol. The van der Waals surface area contributed by atoms with E-state index in [9.17, 15) is 14.4 Å². The molecule has 0 aliphatic carbocycles. The first-order valence-corrected chi connectivity index (χ1v) is 28.9. The van der Waals surface area contributed by atoms with E-state index < -0.39 is 6.10 Å². The fourth-order valence-corrected chi connectivity index (χ4v) is 7.69. The Morgan fingerprint density at radius 1 is 0.300 bits per heavy atom. The minimum absolute atomic E-state index is 0.0824. The van der Waals surface area contributed by atoms with Gasteiger partial charge in [-0.2, -0.15) is 0 Å². The Hall–Kier alpha value is -3.93. The zero-order valence-corrected chi connectivity index (χ0v) is 45.5. The predicted octanol–water partition coefficient (Wildman–Crippen LogP) is 19.5. The molecule has 6 heteroatoms. The van der Waals surface area contributed by atoms with Crippen LogP contribution in [0.5, 0.6) is 0 Å². The Kier molecular flexibility index (Phi) is 54.4. The maximum absolute atomic E-state index is 12.7. The third-order valence-electron chi connectivity index (χ3n) is 12.0. The molecule has 6 nitrogen and oxygen atoms in total. The second kappa shape index (κ2) is 57.6. The highest BCUT2D eigenvalue weighted by Crippen LogP contribution is 2.14. The lowest BCUT2D eigenvalue weighted by Gasteiger charge is -2.18. The molecule has 0 bridgehead atoms. The molecule has 0 N–H and O–H groups in total. The number of ether oxygens (including phenoxy) is 3. The fraction of sp³-hybridized carbons (Fsp3) is 0.672. The standard InChI is InChI=1S/C64H106O6/c1-4-7-10-13-15-17-19-21-22-23-24-25-26-27-28-29-30-31-32-33-34-35-36-37-38-39-40-41-42-43-45-46-48-51-54-57-63(66)69-60-61(59-68-62(65)56-53-50-12-9-6-3)70-64(67)58-55-52-49-47-44-20-18-16-14-11-8-5-2/h7,10,15-18,21-22,24-25,27-28,30-31,33-34,36-37,61H,4-6,8-9,11-14,19-20,23,26,29,32,35,38-60H2,1-3H3/b10-7-,17-15-,18-16-,22-21-,25-24-,28-27-,31-30-,34-33-,37-36-. The molecule has 1 unspecified atom stereocenters. The van der Waals surface area contributed by atoms with Crippen LogP contribution in [-0.2, 0) is 28.6 Å². The van der Waals surface area contributed by atoms with Crippen LogP contribution in [0.2, 0.25) is 0 Å². The van der Waals surface area contributed by atoms with Gasteiger partial charge in [-0.3, -0.25) is 14.4 Å². The third kappa shape index (κ3) is 55.0. The van der Waals surface area contributed by atoms with Gasteiger partial charge in [0.05, 0.1) is 0 Å². The summed E-state index contributed by atoms with van der Waals surface area (Å²) in [6, 6.07) is 0. The molecule has 0 aromatic rings. The molecule has 0 aliphatic heterocycles. The molecule has 0 aromatic heterocycles. The summed E-state index contributed by atoms with van der Waals surface area (Å²) in [5, 5.41) is 0. The first-order chi connectivity index (χ1) is 34.5. The van der Waals surface area contributed by atoms with Gasteiger partial charge in [0.15, 0.2) is 6.10 Å². The van der Waals surface area contributed by atoms with Gasteiger partial charge in [0.2, 0.25) is 0 Å². The van der Waals surface area contributed by atoms with E-state index in [2.05, 4.69) is 130 Å². The Morgan fingerprint density at radius 2 is 0.557 bits per heavy atom. The average Bonchev–Trinajstić information content (AvgIpc) is 3.36. The highest BCUT2D eigenvalue weighted by Gasteiger charge is 2.19. The molecule has 0 aromatic carbocycles. The van der Waals surface area contributed by atoms with E-state index in [4.69, 9.17) is 14.2 Å². The normalized spacial score (nSPS) is 12.9. The summed E-state index contributed by atoms with van der Waals surface area (Å²) in [7, 11) is 0. The van der Waals surface area contributed by atoms with Gasteiger partial charge in [0, 0.05) is 19.3 Å². The van der Waals surface area contributed by atoms with Crippen LogP contribution in [0.1, 0.15) is 258 Å². The number of carbonyl (C=O) groups is 3. The summed E-state index contributed by atoms with van der Waals surface area (Å²) in [6.45, 7) is 6.40. The Labute approximate surface area is 431 Å². The van der Waals surface area contributed by atoms with Crippen molar-refractivity contribution in [1.29, 1.82) is 0 Å². The first-order valence-electron chi connectivity index (χ1n) is 28.9. The molecule has 398 valence electrons. The average molecular weight is 972 g/mol. The Bertz CT molecular complexity index is 1440. The topological polar surface area (TPSA) is 78.9 Å². The van der Waals surface area contributed by atoms with E-state index in [1.165, 1.54) is 89.9 Å². The molecule has 0 spiro atoms. The summed E-state index contributed by atoms with van der Waals surface area (Å²) >= 11 is 0. The lowest BCUT2D eigenvalue weighted by atomic mass is 10.1. The van der Waals surface area contributed by atoms with E-state index in [0.29, 0.717) is 19.3 Å². The van der Waals surface area contributed by atoms with Crippen LogP contribution in [0.3, 0.4) is 0 Å². The van der Waals surface area contributed by atoms with Crippen LogP contribution in [0.15, 0.2) is 109 Å². The van der Waals surface area contributed by atoms with Crippen molar-refractivity contribution in [1.82, 2.24) is 0 Å². The number of allylic oxidation sites excluding steroid dienone is 18.